The van der Waals surface area contributed by atoms with Crippen molar-refractivity contribution in [2.24, 2.45) is 0 Å². The minimum absolute atomic E-state index is 0. The van der Waals surface area contributed by atoms with Gasteiger partial charge in [-0.15, -0.1) is 0 Å². The largest absolute Gasteiger partial charge is 1.00 e. The highest BCUT2D eigenvalue weighted by Gasteiger charge is 2.33. The van der Waals surface area contributed by atoms with Gasteiger partial charge in [0.2, 0.25) is 23.3 Å². The number of nitrogen functional groups attached to an aromatic ring is 4. The Kier molecular flexibility index (Phi) is 38.3. The van der Waals surface area contributed by atoms with Gasteiger partial charge in [0.25, 0.3) is 0 Å². The number of hydrogen-bond donors (Lipinski definition) is 9. The van der Waals surface area contributed by atoms with Crippen LogP contribution in [0, 0.1) is 37.7 Å². The number of anilines is 6. The molecule has 11 aromatic rings. The Bertz CT molecular complexity index is 5900. The molecule has 0 radical (unpaired) electrons. The number of nitro benzene ring substituents is 2. The average molecular weight is 1970 g/mol. The smallest absolute Gasteiger partial charge is 0.341 e. The summed E-state index contributed by atoms with van der Waals surface area (Å²) >= 11 is 35.7. The standard InChI is InChI=1S/C17H16ClFN2O4.C17H14ClFN2O3.C16H12ClFN2O3.C11H11ClN2O6.C9H9ClN2O5.C9H11ClN2O3.HI/c1-24-16-11(17(23)25-2)8-12(18)14(20)15(16)21-13(22)7-9-3-5-10(19)6-4-9;1-23-16-11(17(22)24-2)8-12(18)14-15(16)21-13(20-14)7-9-3-5-10(19)6-4-9;1-23-16(22)10-7-11(17)13-14(15(10)21)20-12(19-13)6-8-2-4-9(18)5-3-8;1-5(15)13-8-7(12)4-6(11(16)20-3)10(19-2)9(8)14(17)18;1-16-8-4(9(13)17-2)3-5(10)6(11)7(8)12(14)15;1-14-8-4(9(13)15-2)3-5(10)6(11)7(8)12;/h3-6,8H,7,20H2,1-2H3,(H,21,22);3-6,8H,7H2,1-2H3,(H,20,21);2-5,7,21H,6H2,1H3,(H,19,20);4H,1-3H3,(H,13,15);3H,11H2,1-2H3;3H,11-12H2,1-2H3;1H/p-1. The minimum Gasteiger partial charge on any atom is -1.00 e. The number of imidazole rings is 2. The third kappa shape index (κ3) is 25.5. The number of benzene rings is 9. The van der Waals surface area contributed by atoms with Crippen molar-refractivity contribution in [3.8, 4) is 34.5 Å². The Hall–Kier alpha value is -13.3. The van der Waals surface area contributed by atoms with E-state index in [2.05, 4.69) is 54.3 Å². The zero-order valence-electron chi connectivity index (χ0n) is 67.2. The lowest BCUT2D eigenvalue weighted by atomic mass is 10.1. The lowest BCUT2D eigenvalue weighted by Gasteiger charge is -2.17. The Morgan fingerprint density at radius 2 is 0.728 bits per heavy atom. The fourth-order valence-corrected chi connectivity index (χ4v) is 12.4. The number of nitro groups is 2. The van der Waals surface area contributed by atoms with Crippen LogP contribution >= 0.6 is 69.6 Å². The third-order valence-electron chi connectivity index (χ3n) is 16.7. The number of carbonyl (C=O) groups excluding carboxylic acids is 8. The number of halogens is 10. The van der Waals surface area contributed by atoms with Gasteiger partial charge in [0.15, 0.2) is 23.0 Å². The molecule has 0 aliphatic carbocycles. The molecule has 0 atom stereocenters. The molecule has 125 heavy (non-hydrogen) atoms. The molecule has 36 nitrogen and oxygen atoms in total. The van der Waals surface area contributed by atoms with Gasteiger partial charge in [0, 0.05) is 19.8 Å². The summed E-state index contributed by atoms with van der Waals surface area (Å²) in [5.74, 6) is -5.35. The second-order valence-corrected chi connectivity index (χ2v) is 26.9. The van der Waals surface area contributed by atoms with Gasteiger partial charge in [-0.2, -0.15) is 0 Å². The highest BCUT2D eigenvalue weighted by molar-refractivity contribution is 6.38. The monoisotopic (exact) mass is 1970 g/mol. The summed E-state index contributed by atoms with van der Waals surface area (Å²) in [7, 11) is 13.7. The van der Waals surface area contributed by atoms with Crippen molar-refractivity contribution in [3.63, 3.8) is 0 Å². The fraction of sp³-hybridized carbons (Fsp3) is 0.190. The second kappa shape index (κ2) is 46.8. The molecule has 0 spiro atoms. The van der Waals surface area contributed by atoms with Gasteiger partial charge in [0.1, 0.15) is 102 Å². The van der Waals surface area contributed by atoms with Crippen molar-refractivity contribution in [2.75, 3.05) is 112 Å². The van der Waals surface area contributed by atoms with E-state index in [0.29, 0.717) is 57.4 Å². The molecule has 2 heterocycles. The zero-order chi connectivity index (χ0) is 92.6. The number of phenols is 1. The molecule has 46 heteroatoms. The number of nitrogens with zero attached hydrogens (tertiary/aromatic N) is 4. The highest BCUT2D eigenvalue weighted by Crippen LogP contribution is 2.46. The summed E-state index contributed by atoms with van der Waals surface area (Å²) in [6.07, 6.45) is 0.837. The predicted octanol–water partition coefficient (Wildman–Crippen LogP) is 12.1. The van der Waals surface area contributed by atoms with Gasteiger partial charge in [-0.25, -0.2) is 51.9 Å². The number of nitrogens with one attached hydrogen (secondary N) is 4. The number of aromatic hydroxyl groups is 1. The average Bonchev–Trinajstić information content (AvgIpc) is 1.68. The van der Waals surface area contributed by atoms with Crippen LogP contribution in [0.1, 0.15) is 97.4 Å². The number of nitrogens with two attached hydrogens (primary N) is 4. The van der Waals surface area contributed by atoms with Crippen LogP contribution in [0.5, 0.6) is 34.5 Å². The van der Waals surface area contributed by atoms with Gasteiger partial charge in [-0.1, -0.05) is 106 Å². The molecule has 0 aliphatic heterocycles. The first-order valence-corrected chi connectivity index (χ1v) is 36.8. The van der Waals surface area contributed by atoms with E-state index in [0.717, 1.165) is 44.6 Å². The van der Waals surface area contributed by atoms with Crippen molar-refractivity contribution < 1.29 is 143 Å². The molecule has 13 N–H and O–H groups in total. The molecule has 2 aromatic heterocycles. The van der Waals surface area contributed by atoms with E-state index in [4.69, 9.17) is 121 Å². The predicted molar refractivity (Wildman–Crippen MR) is 453 cm³/mol. The molecule has 11 rings (SSSR count). The van der Waals surface area contributed by atoms with Gasteiger partial charge in [-0.3, -0.25) is 29.8 Å². The fourth-order valence-electron chi connectivity index (χ4n) is 11.0. The molecule has 2 amide bonds. The number of aromatic amines is 2. The number of carbonyl (C=O) groups is 8. The lowest BCUT2D eigenvalue weighted by Crippen LogP contribution is -3.00. The first-order chi connectivity index (χ1) is 58.7. The van der Waals surface area contributed by atoms with Gasteiger partial charge in [-0.05, 0) is 89.5 Å². The minimum atomic E-state index is -0.846. The number of aromatic nitrogens is 4. The van der Waals surface area contributed by atoms with Crippen LogP contribution in [0.2, 0.25) is 30.1 Å². The maximum atomic E-state index is 13.0. The summed E-state index contributed by atoms with van der Waals surface area (Å²) in [6, 6.07) is 25.4. The normalized spacial score (nSPS) is 10.2. The van der Waals surface area contributed by atoms with Crippen molar-refractivity contribution in [1.29, 1.82) is 0 Å². The number of ether oxygens (including phenoxy) is 11. The maximum Gasteiger partial charge on any atom is 0.341 e. The van der Waals surface area contributed by atoms with E-state index < -0.39 is 74.7 Å². The van der Waals surface area contributed by atoms with Crippen molar-refractivity contribution in [3.05, 3.63) is 239 Å². The Morgan fingerprint density at radius 3 is 1.12 bits per heavy atom. The molecule has 664 valence electrons. The number of methoxy groups -OCH3 is 11. The van der Waals surface area contributed by atoms with Crippen LogP contribution in [0.15, 0.2) is 109 Å². The van der Waals surface area contributed by atoms with Crippen molar-refractivity contribution in [1.82, 2.24) is 19.9 Å². The quantitative estimate of drug-likeness (QED) is 0.00805. The van der Waals surface area contributed by atoms with Crippen LogP contribution in [-0.2, 0) is 57.3 Å². The van der Waals surface area contributed by atoms with Crippen LogP contribution in [0.4, 0.5) is 58.7 Å². The summed E-state index contributed by atoms with van der Waals surface area (Å²) in [5.41, 5.74) is 25.3. The summed E-state index contributed by atoms with van der Waals surface area (Å²) < 4.78 is 91.6. The van der Waals surface area contributed by atoms with E-state index >= 15 is 0 Å². The highest BCUT2D eigenvalue weighted by atomic mass is 127. The first kappa shape index (κ1) is 102. The van der Waals surface area contributed by atoms with Gasteiger partial charge in [0.05, 0.1) is 142 Å². The number of amides is 2. The molecule has 9 aromatic carbocycles. The van der Waals surface area contributed by atoms with E-state index in [1.165, 1.54) is 137 Å². The summed E-state index contributed by atoms with van der Waals surface area (Å²) in [6.45, 7) is 1.17. The van der Waals surface area contributed by atoms with Crippen LogP contribution in [0.25, 0.3) is 22.1 Å². The van der Waals surface area contributed by atoms with Gasteiger partial charge >= 0.3 is 47.2 Å². The molecular formula is C79H73Cl6F3IN12O24-. The topological polar surface area (TPSA) is 530 Å². The van der Waals surface area contributed by atoms with Crippen LogP contribution in [-0.4, -0.2) is 161 Å². The molecule has 0 fully saturated rings. The number of H-pyrrole nitrogens is 2. The van der Waals surface area contributed by atoms with Crippen molar-refractivity contribution >= 4 is 185 Å². The van der Waals surface area contributed by atoms with Crippen LogP contribution in [0.3, 0.4) is 0 Å². The lowest BCUT2D eigenvalue weighted by molar-refractivity contribution is -0.384. The second-order valence-electron chi connectivity index (χ2n) is 24.5. The number of esters is 6. The Balaban J connectivity index is 0.000000268. The summed E-state index contributed by atoms with van der Waals surface area (Å²) in [4.78, 5) is 128. The Morgan fingerprint density at radius 1 is 0.408 bits per heavy atom. The van der Waals surface area contributed by atoms with Gasteiger partial charge < -0.3 is 125 Å². The molecule has 0 saturated heterocycles. The molecule has 0 saturated carbocycles. The molecule has 0 unspecified atom stereocenters. The number of fused-ring (bicyclic) bond motifs is 2. The maximum absolute atomic E-state index is 13.0. The van der Waals surface area contributed by atoms with E-state index in [9.17, 15) is 76.9 Å². The SMILES string of the molecule is COC(=O)c1cc(Cl)c(N)c(N)c1OC.COC(=O)c1cc(Cl)c(N)c(NC(=O)Cc2ccc(F)cc2)c1OC.COC(=O)c1cc(Cl)c(N)c([N+](=O)[O-])c1OC.COC(=O)c1cc(Cl)c(NC(C)=O)c([N+](=O)[O-])c1OC.COC(=O)c1cc(Cl)c2nc(Cc3ccc(F)cc3)[nH]c2c1O.COC(=O)c1cc(Cl)c2nc(Cc3ccc(F)cc3)[nH]c2c1OC.[I-]. The van der Waals surface area contributed by atoms with E-state index in [1.807, 2.05) is 0 Å². The van der Waals surface area contributed by atoms with Crippen LogP contribution < -0.4 is 81.2 Å². The number of phenolic OH excluding ortho intramolecular Hbond substituents is 1. The van der Waals surface area contributed by atoms with E-state index in [1.54, 1.807) is 24.3 Å². The summed E-state index contributed by atoms with van der Waals surface area (Å²) in [5, 5.41) is 37.5. The Labute approximate surface area is 753 Å². The van der Waals surface area contributed by atoms with Crippen molar-refractivity contribution in [2.45, 2.75) is 26.2 Å². The van der Waals surface area contributed by atoms with E-state index in [-0.39, 0.29) is 169 Å². The number of rotatable bonds is 21. The molecule has 0 bridgehead atoms. The molecule has 0 aliphatic rings. The number of hydrogen-bond acceptors (Lipinski definition) is 30. The molecular weight excluding hydrogens is 1900 g/mol. The first-order valence-electron chi connectivity index (χ1n) is 34.6. The zero-order valence-corrected chi connectivity index (χ0v) is 73.9. The third-order valence-corrected chi connectivity index (χ3v) is 18.5.